The maximum absolute atomic E-state index is 2.16. The third-order valence-corrected chi connectivity index (χ3v) is 2.21. The number of hydrogen-bond acceptors (Lipinski definition) is 0. The van der Waals surface area contributed by atoms with Gasteiger partial charge in [0.1, 0.15) is 7.05 Å². The zero-order chi connectivity index (χ0) is 12.6. The Labute approximate surface area is 99.7 Å². The molecule has 0 spiro atoms. The van der Waals surface area contributed by atoms with Gasteiger partial charge in [-0.15, -0.1) is 0 Å². The molecular formula is C15H24N+. The smallest absolute Gasteiger partial charge is 0.201 e. The van der Waals surface area contributed by atoms with Crippen molar-refractivity contribution in [3.8, 4) is 0 Å². The van der Waals surface area contributed by atoms with Crippen molar-refractivity contribution in [2.75, 3.05) is 0 Å². The second-order valence-electron chi connectivity index (χ2n) is 3.13. The van der Waals surface area contributed by atoms with Gasteiger partial charge >= 0.3 is 0 Å². The van der Waals surface area contributed by atoms with E-state index >= 15 is 0 Å². The Bertz CT molecular complexity index is 382. The Kier molecular flexibility index (Phi) is 7.19. The van der Waals surface area contributed by atoms with Crippen molar-refractivity contribution < 1.29 is 4.57 Å². The van der Waals surface area contributed by atoms with Gasteiger partial charge < -0.3 is 0 Å². The number of para-hydroxylation sites is 1. The predicted molar refractivity (Wildman–Crippen MR) is 72.6 cm³/mol. The summed E-state index contributed by atoms with van der Waals surface area (Å²) in [6, 6.07) is 10.6. The van der Waals surface area contributed by atoms with Crippen molar-refractivity contribution in [3.63, 3.8) is 0 Å². The summed E-state index contributed by atoms with van der Waals surface area (Å²) < 4.78 is 2.16. The zero-order valence-electron chi connectivity index (χ0n) is 11.4. The number of nitrogens with zero attached hydrogens (tertiary/aromatic N) is 1. The molecule has 0 saturated carbocycles. The van der Waals surface area contributed by atoms with Crippen LogP contribution in [0.2, 0.25) is 0 Å². The maximum atomic E-state index is 2.16. The summed E-state index contributed by atoms with van der Waals surface area (Å²) in [5.41, 5.74) is 2.65. The third kappa shape index (κ3) is 3.34. The molecule has 0 saturated heterocycles. The lowest BCUT2D eigenvalue weighted by molar-refractivity contribution is -0.645. The molecule has 1 aromatic carbocycles. The van der Waals surface area contributed by atoms with Crippen molar-refractivity contribution in [1.82, 2.24) is 0 Å². The van der Waals surface area contributed by atoms with Crippen LogP contribution in [0.5, 0.6) is 0 Å². The number of aromatic nitrogens is 1. The summed E-state index contributed by atoms with van der Waals surface area (Å²) in [5.74, 6) is 0. The molecule has 2 rings (SSSR count). The normalized spacial score (nSPS) is 8.62. The molecule has 0 aliphatic heterocycles. The lowest BCUT2D eigenvalue weighted by Crippen LogP contribution is -2.28. The third-order valence-electron chi connectivity index (χ3n) is 2.21. The number of hydrogen-bond donors (Lipinski definition) is 0. The van der Waals surface area contributed by atoms with Crippen molar-refractivity contribution >= 4 is 10.9 Å². The highest BCUT2D eigenvalue weighted by molar-refractivity contribution is 5.78. The molecule has 0 aliphatic rings. The molecule has 0 unspecified atom stereocenters. The van der Waals surface area contributed by atoms with Gasteiger partial charge in [0.05, 0.1) is 0 Å². The summed E-state index contributed by atoms with van der Waals surface area (Å²) in [7, 11) is 2.08. The Morgan fingerprint density at radius 1 is 0.875 bits per heavy atom. The van der Waals surface area contributed by atoms with Crippen LogP contribution in [-0.2, 0) is 7.05 Å². The molecule has 0 aliphatic carbocycles. The molecule has 1 heteroatoms. The van der Waals surface area contributed by atoms with Gasteiger partial charge in [0.25, 0.3) is 0 Å². The Morgan fingerprint density at radius 2 is 1.44 bits per heavy atom. The Balaban J connectivity index is 0.000000509. The number of aryl methyl sites for hydroxylation is 2. The van der Waals surface area contributed by atoms with E-state index in [0.717, 1.165) is 0 Å². The highest BCUT2D eigenvalue weighted by atomic mass is 14.9. The van der Waals surface area contributed by atoms with Gasteiger partial charge in [-0.25, -0.2) is 4.57 Å². The fourth-order valence-corrected chi connectivity index (χ4v) is 1.65. The summed E-state index contributed by atoms with van der Waals surface area (Å²) in [6.07, 6.45) is 2.08. The van der Waals surface area contributed by atoms with Crippen LogP contribution in [-0.4, -0.2) is 0 Å². The largest absolute Gasteiger partial charge is 0.215 e. The highest BCUT2D eigenvalue weighted by Crippen LogP contribution is 2.12. The average Bonchev–Trinajstić information content (AvgIpc) is 2.34. The van der Waals surface area contributed by atoms with Crippen LogP contribution in [0.25, 0.3) is 10.9 Å². The molecule has 0 radical (unpaired) electrons. The molecule has 0 amide bonds. The molecule has 2 aromatic rings. The van der Waals surface area contributed by atoms with E-state index in [0.29, 0.717) is 0 Å². The first kappa shape index (κ1) is 14.6. The number of benzene rings is 1. The second-order valence-corrected chi connectivity index (χ2v) is 3.13. The van der Waals surface area contributed by atoms with Gasteiger partial charge in [0.15, 0.2) is 6.20 Å². The summed E-state index contributed by atoms with van der Waals surface area (Å²) in [6.45, 7) is 10.1. The van der Waals surface area contributed by atoms with E-state index in [2.05, 4.69) is 55.1 Å². The van der Waals surface area contributed by atoms with Gasteiger partial charge in [-0.05, 0) is 19.1 Å². The van der Waals surface area contributed by atoms with Crippen LogP contribution in [0.4, 0.5) is 0 Å². The quantitative estimate of drug-likeness (QED) is 0.588. The molecular weight excluding hydrogens is 194 g/mol. The van der Waals surface area contributed by atoms with Gasteiger partial charge in [0.2, 0.25) is 5.52 Å². The monoisotopic (exact) mass is 218 g/mol. The molecule has 0 N–H and O–H groups in total. The predicted octanol–water partition coefficient (Wildman–Crippen LogP) is 4.03. The zero-order valence-corrected chi connectivity index (χ0v) is 11.4. The van der Waals surface area contributed by atoms with E-state index < -0.39 is 0 Å². The average molecular weight is 218 g/mol. The fraction of sp³-hybridized carbons (Fsp3) is 0.400. The highest BCUT2D eigenvalue weighted by Gasteiger charge is 2.04. The number of fused-ring (bicyclic) bond motifs is 1. The molecule has 1 heterocycles. The molecule has 0 bridgehead atoms. The van der Waals surface area contributed by atoms with Gasteiger partial charge in [-0.2, -0.15) is 0 Å². The van der Waals surface area contributed by atoms with Crippen molar-refractivity contribution in [1.29, 1.82) is 0 Å². The Hall–Kier alpha value is -1.37. The van der Waals surface area contributed by atoms with Crippen LogP contribution < -0.4 is 4.57 Å². The van der Waals surface area contributed by atoms with Crippen LogP contribution >= 0.6 is 0 Å². The minimum atomic E-state index is 1.31. The fourth-order valence-electron chi connectivity index (χ4n) is 1.65. The van der Waals surface area contributed by atoms with Crippen molar-refractivity contribution in [2.24, 2.45) is 7.05 Å². The lowest BCUT2D eigenvalue weighted by Gasteiger charge is -1.98. The van der Waals surface area contributed by atoms with E-state index in [1.165, 1.54) is 16.5 Å². The minimum absolute atomic E-state index is 1.31. The molecule has 1 nitrogen and oxygen atoms in total. The molecule has 88 valence electrons. The van der Waals surface area contributed by atoms with Crippen LogP contribution in [0.15, 0.2) is 36.5 Å². The molecule has 0 atom stereocenters. The minimum Gasteiger partial charge on any atom is -0.201 e. The van der Waals surface area contributed by atoms with E-state index in [-0.39, 0.29) is 0 Å². The van der Waals surface area contributed by atoms with Gasteiger partial charge in [-0.1, -0.05) is 39.8 Å². The molecule has 1 aromatic heterocycles. The van der Waals surface area contributed by atoms with Crippen molar-refractivity contribution in [3.05, 3.63) is 42.1 Å². The lowest BCUT2D eigenvalue weighted by atomic mass is 10.1. The topological polar surface area (TPSA) is 3.88 Å². The second kappa shape index (κ2) is 7.86. The molecule has 16 heavy (non-hydrogen) atoms. The van der Waals surface area contributed by atoms with E-state index in [1.807, 2.05) is 27.7 Å². The molecule has 0 fully saturated rings. The van der Waals surface area contributed by atoms with Gasteiger partial charge in [-0.3, -0.25) is 0 Å². The Morgan fingerprint density at radius 3 is 2.00 bits per heavy atom. The maximum Gasteiger partial charge on any atom is 0.215 e. The SMILES string of the molecule is CC.CC.Cc1cccc2ccc[n+](C)c12. The van der Waals surface area contributed by atoms with E-state index in [9.17, 15) is 0 Å². The number of pyridine rings is 1. The van der Waals surface area contributed by atoms with Crippen LogP contribution in [0.3, 0.4) is 0 Å². The van der Waals surface area contributed by atoms with Crippen LogP contribution in [0.1, 0.15) is 33.3 Å². The summed E-state index contributed by atoms with van der Waals surface area (Å²) in [5, 5.41) is 1.31. The van der Waals surface area contributed by atoms with Gasteiger partial charge in [0, 0.05) is 17.0 Å². The van der Waals surface area contributed by atoms with Crippen molar-refractivity contribution in [2.45, 2.75) is 34.6 Å². The van der Waals surface area contributed by atoms with E-state index in [4.69, 9.17) is 0 Å². The first-order valence-electron chi connectivity index (χ1n) is 6.13. The van der Waals surface area contributed by atoms with Crippen LogP contribution in [0, 0.1) is 6.92 Å². The first-order chi connectivity index (χ1) is 7.79. The standard InChI is InChI=1S/C11H12N.2C2H6/c1-9-5-3-6-10-7-4-8-12(2)11(9)10;2*1-2/h3-8H,1-2H3;2*1-2H3/q+1;;. The summed E-state index contributed by atoms with van der Waals surface area (Å²) in [4.78, 5) is 0. The summed E-state index contributed by atoms with van der Waals surface area (Å²) >= 11 is 0. The first-order valence-corrected chi connectivity index (χ1v) is 6.13. The van der Waals surface area contributed by atoms with E-state index in [1.54, 1.807) is 0 Å². The number of rotatable bonds is 0.